The van der Waals surface area contributed by atoms with Gasteiger partial charge >= 0.3 is 0 Å². The summed E-state index contributed by atoms with van der Waals surface area (Å²) < 4.78 is 7.29. The maximum Gasteiger partial charge on any atom is 0.277 e. The van der Waals surface area contributed by atoms with E-state index in [-0.39, 0.29) is 5.91 Å². The fourth-order valence-electron chi connectivity index (χ4n) is 2.65. The highest BCUT2D eigenvalue weighted by Crippen LogP contribution is 2.25. The summed E-state index contributed by atoms with van der Waals surface area (Å²) in [6.07, 6.45) is 3.83. The number of thiazole rings is 1. The molecular formula is C15H20N4O2S. The molecule has 3 heterocycles. The summed E-state index contributed by atoms with van der Waals surface area (Å²) >= 11 is 1.48. The van der Waals surface area contributed by atoms with Crippen LogP contribution >= 0.6 is 11.3 Å². The Kier molecular flexibility index (Phi) is 4.26. The first-order valence-electron chi connectivity index (χ1n) is 7.43. The molecule has 118 valence electrons. The van der Waals surface area contributed by atoms with Gasteiger partial charge in [-0.25, -0.2) is 4.98 Å². The van der Waals surface area contributed by atoms with Gasteiger partial charge in [-0.1, -0.05) is 0 Å². The third kappa shape index (κ3) is 3.05. The van der Waals surface area contributed by atoms with Crippen molar-refractivity contribution in [1.82, 2.24) is 14.8 Å². The summed E-state index contributed by atoms with van der Waals surface area (Å²) in [5.41, 5.74) is 2.22. The molecule has 0 atom stereocenters. The molecular weight excluding hydrogens is 300 g/mol. The van der Waals surface area contributed by atoms with Crippen molar-refractivity contribution in [2.75, 3.05) is 18.5 Å². The molecule has 0 unspecified atom stereocenters. The van der Waals surface area contributed by atoms with Crippen LogP contribution in [-0.4, -0.2) is 33.9 Å². The lowest BCUT2D eigenvalue weighted by atomic mass is 10.1. The maximum absolute atomic E-state index is 12.5. The van der Waals surface area contributed by atoms with Crippen LogP contribution in [0.3, 0.4) is 0 Å². The summed E-state index contributed by atoms with van der Waals surface area (Å²) in [5.74, 6) is -0.171. The number of amides is 1. The summed E-state index contributed by atoms with van der Waals surface area (Å²) in [7, 11) is 0. The Morgan fingerprint density at radius 3 is 2.73 bits per heavy atom. The number of carbonyl (C=O) groups is 1. The van der Waals surface area contributed by atoms with E-state index in [4.69, 9.17) is 4.74 Å². The zero-order chi connectivity index (χ0) is 15.7. The summed E-state index contributed by atoms with van der Waals surface area (Å²) in [6, 6.07) is 0.321. The van der Waals surface area contributed by atoms with Crippen molar-refractivity contribution < 1.29 is 9.53 Å². The van der Waals surface area contributed by atoms with Crippen molar-refractivity contribution in [2.24, 2.45) is 0 Å². The van der Waals surface area contributed by atoms with E-state index < -0.39 is 0 Å². The van der Waals surface area contributed by atoms with Crippen molar-refractivity contribution in [2.45, 2.75) is 39.7 Å². The number of aryl methyl sites for hydroxylation is 3. The molecule has 2 aromatic rings. The number of nitrogens with one attached hydrogen (secondary N) is 1. The molecule has 3 rings (SSSR count). The highest BCUT2D eigenvalue weighted by molar-refractivity contribution is 7.16. The van der Waals surface area contributed by atoms with Crippen molar-refractivity contribution in [3.63, 3.8) is 0 Å². The molecule has 1 fully saturated rings. The highest BCUT2D eigenvalue weighted by atomic mass is 32.1. The quantitative estimate of drug-likeness (QED) is 0.944. The van der Waals surface area contributed by atoms with Crippen molar-refractivity contribution >= 4 is 22.2 Å². The van der Waals surface area contributed by atoms with E-state index in [1.54, 1.807) is 0 Å². The molecule has 1 aliphatic heterocycles. The molecule has 1 N–H and O–H groups in total. The van der Waals surface area contributed by atoms with Gasteiger partial charge in [-0.15, -0.1) is 11.3 Å². The minimum atomic E-state index is -0.171. The average molecular weight is 320 g/mol. The molecule has 22 heavy (non-hydrogen) atoms. The third-order valence-electron chi connectivity index (χ3n) is 3.83. The third-order valence-corrected chi connectivity index (χ3v) is 4.81. The topological polar surface area (TPSA) is 69.0 Å². The molecule has 0 bridgehead atoms. The van der Waals surface area contributed by atoms with Gasteiger partial charge in [0.05, 0.1) is 16.7 Å². The molecule has 0 spiro atoms. The zero-order valence-electron chi connectivity index (χ0n) is 13.0. The molecule has 1 amide bonds. The van der Waals surface area contributed by atoms with Crippen LogP contribution < -0.4 is 5.32 Å². The molecule has 0 radical (unpaired) electrons. The normalized spacial score (nSPS) is 16.0. The number of aromatic nitrogens is 3. The first-order valence-corrected chi connectivity index (χ1v) is 8.25. The van der Waals surface area contributed by atoms with Gasteiger partial charge in [0.2, 0.25) is 0 Å². The molecule has 1 aliphatic rings. The fourth-order valence-corrected chi connectivity index (χ4v) is 3.47. The van der Waals surface area contributed by atoms with Crippen molar-refractivity contribution in [3.8, 4) is 0 Å². The summed E-state index contributed by atoms with van der Waals surface area (Å²) in [4.78, 5) is 16.8. The Morgan fingerprint density at radius 1 is 1.36 bits per heavy atom. The largest absolute Gasteiger partial charge is 0.381 e. The number of hydrogen-bond donors (Lipinski definition) is 1. The Balaban J connectivity index is 1.77. The number of anilines is 1. The second kappa shape index (κ2) is 6.18. The van der Waals surface area contributed by atoms with E-state index in [1.807, 2.05) is 31.6 Å². The van der Waals surface area contributed by atoms with Gasteiger partial charge in [0, 0.05) is 25.0 Å². The lowest BCUT2D eigenvalue weighted by Crippen LogP contribution is -2.21. The molecule has 2 aromatic heterocycles. The number of ether oxygens (including phenoxy) is 1. The van der Waals surface area contributed by atoms with E-state index in [9.17, 15) is 4.79 Å². The first-order chi connectivity index (χ1) is 10.5. The van der Waals surface area contributed by atoms with Crippen LogP contribution in [0.5, 0.6) is 0 Å². The van der Waals surface area contributed by atoms with Gasteiger partial charge in [-0.05, 0) is 33.6 Å². The lowest BCUT2D eigenvalue weighted by Gasteiger charge is -2.22. The van der Waals surface area contributed by atoms with Gasteiger partial charge in [0.25, 0.3) is 5.91 Å². The van der Waals surface area contributed by atoms with Crippen molar-refractivity contribution in [1.29, 1.82) is 0 Å². The van der Waals surface area contributed by atoms with Gasteiger partial charge in [-0.2, -0.15) is 5.10 Å². The van der Waals surface area contributed by atoms with E-state index in [0.717, 1.165) is 47.3 Å². The van der Waals surface area contributed by atoms with Gasteiger partial charge < -0.3 is 10.1 Å². The molecule has 0 aromatic carbocycles. The summed E-state index contributed by atoms with van der Waals surface area (Å²) in [5, 5.41) is 9.16. The Labute approximate surface area is 133 Å². The molecule has 6 nitrogen and oxygen atoms in total. The monoisotopic (exact) mass is 320 g/mol. The smallest absolute Gasteiger partial charge is 0.277 e. The number of nitrogens with zero attached hydrogens (tertiary/aromatic N) is 3. The standard InChI is InChI=1S/C15H20N4O2S/c1-9-8-19(12-4-6-21-7-5-12)18-13(9)14(20)17-15-10(2)16-11(3)22-15/h8,12H,4-7H2,1-3H3,(H,17,20). The SMILES string of the molecule is Cc1nc(C)c(NC(=O)c2nn(C3CCOCC3)cc2C)s1. The number of hydrogen-bond acceptors (Lipinski definition) is 5. The van der Waals surface area contributed by atoms with Gasteiger partial charge in [-0.3, -0.25) is 9.48 Å². The Hall–Kier alpha value is -1.73. The highest BCUT2D eigenvalue weighted by Gasteiger charge is 2.21. The van der Waals surface area contributed by atoms with E-state index >= 15 is 0 Å². The van der Waals surface area contributed by atoms with Crippen LogP contribution in [0.15, 0.2) is 6.20 Å². The zero-order valence-corrected chi connectivity index (χ0v) is 13.9. The molecule has 7 heteroatoms. The number of carbonyl (C=O) groups excluding carboxylic acids is 1. The minimum Gasteiger partial charge on any atom is -0.381 e. The van der Waals surface area contributed by atoms with Gasteiger partial charge in [0.1, 0.15) is 5.00 Å². The summed E-state index contributed by atoms with van der Waals surface area (Å²) in [6.45, 7) is 7.25. The second-order valence-corrected chi connectivity index (χ2v) is 6.79. The van der Waals surface area contributed by atoms with E-state index in [2.05, 4.69) is 15.4 Å². The first kappa shape index (κ1) is 15.2. The molecule has 1 saturated heterocycles. The Morgan fingerprint density at radius 2 is 2.09 bits per heavy atom. The van der Waals surface area contributed by atoms with E-state index in [1.165, 1.54) is 11.3 Å². The van der Waals surface area contributed by atoms with Crippen LogP contribution in [0.4, 0.5) is 5.00 Å². The maximum atomic E-state index is 12.5. The fraction of sp³-hybridized carbons (Fsp3) is 0.533. The van der Waals surface area contributed by atoms with Crippen LogP contribution in [0.2, 0.25) is 0 Å². The van der Waals surface area contributed by atoms with Crippen LogP contribution in [0.25, 0.3) is 0 Å². The van der Waals surface area contributed by atoms with Crippen LogP contribution in [-0.2, 0) is 4.74 Å². The predicted molar refractivity (Wildman–Crippen MR) is 85.6 cm³/mol. The van der Waals surface area contributed by atoms with Crippen molar-refractivity contribution in [3.05, 3.63) is 28.2 Å². The molecule has 0 aliphatic carbocycles. The average Bonchev–Trinajstić information content (AvgIpc) is 3.03. The van der Waals surface area contributed by atoms with Crippen LogP contribution in [0, 0.1) is 20.8 Å². The predicted octanol–water partition coefficient (Wildman–Crippen LogP) is 2.87. The lowest BCUT2D eigenvalue weighted by molar-refractivity contribution is 0.0661. The Bertz CT molecular complexity index is 686. The van der Waals surface area contributed by atoms with Gasteiger partial charge in [0.15, 0.2) is 5.69 Å². The molecule has 0 saturated carbocycles. The van der Waals surface area contributed by atoms with Crippen LogP contribution in [0.1, 0.15) is 45.6 Å². The second-order valence-electron chi connectivity index (χ2n) is 5.59. The van der Waals surface area contributed by atoms with E-state index in [0.29, 0.717) is 11.7 Å². The number of rotatable bonds is 3. The minimum absolute atomic E-state index is 0.171.